The Labute approximate surface area is 238 Å². The number of hydrogen-bond donors (Lipinski definition) is 0. The maximum Gasteiger partial charge on any atom is 0.257 e. The molecule has 0 bridgehead atoms. The van der Waals surface area contributed by atoms with Gasteiger partial charge < -0.3 is 4.90 Å². The highest BCUT2D eigenvalue weighted by Gasteiger charge is 2.44. The third kappa shape index (κ3) is 5.24. The molecule has 1 aromatic heterocycles. The van der Waals surface area contributed by atoms with Gasteiger partial charge in [0.2, 0.25) is 5.91 Å². The van der Waals surface area contributed by atoms with Gasteiger partial charge in [0, 0.05) is 17.7 Å². The van der Waals surface area contributed by atoms with E-state index in [2.05, 4.69) is 6.07 Å². The van der Waals surface area contributed by atoms with Gasteiger partial charge in [-0.15, -0.1) is 11.3 Å². The lowest BCUT2D eigenvalue weighted by molar-refractivity contribution is -0.122. The minimum Gasteiger partial charge on any atom is -0.322 e. The van der Waals surface area contributed by atoms with Gasteiger partial charge in [0.25, 0.3) is 11.8 Å². The summed E-state index contributed by atoms with van der Waals surface area (Å²) in [6.45, 7) is 1.99. The molecule has 1 atom stereocenters. The maximum absolute atomic E-state index is 13.7. The molecular weight excluding hydrogens is 544 g/mol. The number of nitrogens with zero attached hydrogens (tertiary/aromatic N) is 3. The fourth-order valence-corrected chi connectivity index (χ4v) is 5.98. The predicted octanol–water partition coefficient (Wildman–Crippen LogP) is 6.52. The zero-order valence-electron chi connectivity index (χ0n) is 21.9. The van der Waals surface area contributed by atoms with Crippen LogP contribution < -0.4 is 4.90 Å². The molecule has 4 aromatic carbocycles. The number of aromatic nitrogens is 1. The summed E-state index contributed by atoms with van der Waals surface area (Å²) < 4.78 is 28.1. The standard InChI is InChI=1S/C32H23F2N3O3S/c1-19-2-15-26-28(16-19)41-30(35-26)21-7-13-25(14-8-21)37-29(38)17-27(32(37)40)36(18-20-3-9-23(33)10-4-20)31(39)22-5-11-24(34)12-6-22/h2-16,27H,17-18H2,1H3. The first-order chi connectivity index (χ1) is 19.8. The van der Waals surface area contributed by atoms with Crippen LogP contribution >= 0.6 is 11.3 Å². The predicted molar refractivity (Wildman–Crippen MR) is 153 cm³/mol. The van der Waals surface area contributed by atoms with Crippen LogP contribution in [0.2, 0.25) is 0 Å². The largest absolute Gasteiger partial charge is 0.322 e. The molecule has 1 aliphatic heterocycles. The average molecular weight is 568 g/mol. The number of fused-ring (bicyclic) bond motifs is 1. The van der Waals surface area contributed by atoms with Gasteiger partial charge in [0.05, 0.1) is 22.3 Å². The minimum absolute atomic E-state index is 0.0377. The third-order valence-corrected chi connectivity index (χ3v) is 8.10. The molecule has 0 saturated carbocycles. The lowest BCUT2D eigenvalue weighted by Gasteiger charge is -2.28. The normalized spacial score (nSPS) is 15.1. The molecule has 1 fully saturated rings. The minimum atomic E-state index is -1.09. The summed E-state index contributed by atoms with van der Waals surface area (Å²) in [5.41, 5.74) is 4.04. The van der Waals surface area contributed by atoms with Gasteiger partial charge in [0.15, 0.2) is 0 Å². The molecule has 6 rings (SSSR count). The Morgan fingerprint density at radius 2 is 1.59 bits per heavy atom. The van der Waals surface area contributed by atoms with Crippen LogP contribution in [0.1, 0.15) is 27.9 Å². The first kappa shape index (κ1) is 26.5. The number of imide groups is 1. The van der Waals surface area contributed by atoms with Crippen LogP contribution in [0.4, 0.5) is 14.5 Å². The molecule has 0 aliphatic carbocycles. The van der Waals surface area contributed by atoms with E-state index >= 15 is 0 Å². The highest BCUT2D eigenvalue weighted by atomic mass is 32.1. The second kappa shape index (κ2) is 10.7. The van der Waals surface area contributed by atoms with Crippen molar-refractivity contribution in [1.29, 1.82) is 0 Å². The number of anilines is 1. The number of aryl methyl sites for hydroxylation is 1. The molecule has 1 aliphatic rings. The second-order valence-corrected chi connectivity index (χ2v) is 10.9. The van der Waals surface area contributed by atoms with Crippen molar-refractivity contribution in [2.45, 2.75) is 25.9 Å². The smallest absolute Gasteiger partial charge is 0.257 e. The molecular formula is C32H23F2N3O3S. The Morgan fingerprint density at radius 1 is 0.927 bits per heavy atom. The summed E-state index contributed by atoms with van der Waals surface area (Å²) >= 11 is 1.56. The van der Waals surface area contributed by atoms with E-state index in [9.17, 15) is 23.2 Å². The monoisotopic (exact) mass is 567 g/mol. The van der Waals surface area contributed by atoms with Gasteiger partial charge >= 0.3 is 0 Å². The van der Waals surface area contributed by atoms with Gasteiger partial charge in [-0.05, 0) is 90.8 Å². The number of hydrogen-bond acceptors (Lipinski definition) is 5. The number of thiazole rings is 1. The van der Waals surface area contributed by atoms with E-state index in [-0.39, 0.29) is 18.5 Å². The van der Waals surface area contributed by atoms with Crippen molar-refractivity contribution < 1.29 is 23.2 Å². The fraction of sp³-hybridized carbons (Fsp3) is 0.125. The highest BCUT2D eigenvalue weighted by Crippen LogP contribution is 2.33. The van der Waals surface area contributed by atoms with Crippen molar-refractivity contribution in [3.63, 3.8) is 0 Å². The Balaban J connectivity index is 1.28. The van der Waals surface area contributed by atoms with E-state index in [1.807, 2.05) is 31.2 Å². The van der Waals surface area contributed by atoms with Gasteiger partial charge in [-0.3, -0.25) is 14.4 Å². The number of halogens is 2. The SMILES string of the molecule is Cc1ccc2nc(-c3ccc(N4C(=O)CC(N(Cc5ccc(F)cc5)C(=O)c5ccc(F)cc5)C4=O)cc3)sc2c1. The summed E-state index contributed by atoms with van der Waals surface area (Å²) in [4.78, 5) is 47.5. The van der Waals surface area contributed by atoms with E-state index in [0.29, 0.717) is 11.3 Å². The topological polar surface area (TPSA) is 70.6 Å². The lowest BCUT2D eigenvalue weighted by Crippen LogP contribution is -2.45. The summed E-state index contributed by atoms with van der Waals surface area (Å²) in [7, 11) is 0. The van der Waals surface area contributed by atoms with Crippen LogP contribution in [0.15, 0.2) is 91.0 Å². The maximum atomic E-state index is 13.7. The van der Waals surface area contributed by atoms with E-state index in [1.54, 1.807) is 23.5 Å². The number of rotatable bonds is 6. The van der Waals surface area contributed by atoms with E-state index in [1.165, 1.54) is 41.3 Å². The molecule has 0 N–H and O–H groups in total. The molecule has 0 radical (unpaired) electrons. The Bertz CT molecular complexity index is 1780. The Hall–Kier alpha value is -4.76. The van der Waals surface area contributed by atoms with Crippen LogP contribution in [0, 0.1) is 18.6 Å². The van der Waals surface area contributed by atoms with E-state index in [4.69, 9.17) is 4.98 Å². The summed E-state index contributed by atoms with van der Waals surface area (Å²) in [5.74, 6) is -2.47. The first-order valence-corrected chi connectivity index (χ1v) is 13.7. The zero-order valence-corrected chi connectivity index (χ0v) is 22.7. The Kier molecular flexibility index (Phi) is 6.88. The van der Waals surface area contributed by atoms with Gasteiger partial charge in [-0.1, -0.05) is 18.2 Å². The first-order valence-electron chi connectivity index (χ1n) is 12.9. The van der Waals surface area contributed by atoms with Gasteiger partial charge in [0.1, 0.15) is 22.7 Å². The number of amides is 3. The van der Waals surface area contributed by atoms with Crippen molar-refractivity contribution in [2.24, 2.45) is 0 Å². The lowest BCUT2D eigenvalue weighted by atomic mass is 10.1. The molecule has 5 aromatic rings. The van der Waals surface area contributed by atoms with Crippen molar-refractivity contribution in [3.8, 4) is 10.6 Å². The van der Waals surface area contributed by atoms with Crippen molar-refractivity contribution in [3.05, 3.63) is 119 Å². The Morgan fingerprint density at radius 3 is 2.27 bits per heavy atom. The van der Waals surface area contributed by atoms with Crippen LogP contribution in [-0.2, 0) is 16.1 Å². The van der Waals surface area contributed by atoms with Crippen molar-refractivity contribution in [1.82, 2.24) is 9.88 Å². The molecule has 9 heteroatoms. The number of carbonyl (C=O) groups is 3. The van der Waals surface area contributed by atoms with Crippen molar-refractivity contribution in [2.75, 3.05) is 4.90 Å². The van der Waals surface area contributed by atoms with Crippen LogP contribution in [0.5, 0.6) is 0 Å². The molecule has 3 amide bonds. The van der Waals surface area contributed by atoms with E-state index < -0.39 is 35.4 Å². The third-order valence-electron chi connectivity index (χ3n) is 7.03. The summed E-state index contributed by atoms with van der Waals surface area (Å²) in [6.07, 6.45) is -0.216. The molecule has 204 valence electrons. The van der Waals surface area contributed by atoms with E-state index in [0.717, 1.165) is 43.4 Å². The van der Waals surface area contributed by atoms with Crippen LogP contribution in [0.25, 0.3) is 20.8 Å². The molecule has 2 heterocycles. The molecule has 0 spiro atoms. The molecule has 6 nitrogen and oxygen atoms in total. The quantitative estimate of drug-likeness (QED) is 0.219. The van der Waals surface area contributed by atoms with Gasteiger partial charge in [-0.2, -0.15) is 0 Å². The number of benzene rings is 4. The van der Waals surface area contributed by atoms with Crippen molar-refractivity contribution >= 4 is 45.0 Å². The van der Waals surface area contributed by atoms with Gasteiger partial charge in [-0.25, -0.2) is 18.7 Å². The van der Waals surface area contributed by atoms with Crippen LogP contribution in [0.3, 0.4) is 0 Å². The molecule has 1 unspecified atom stereocenters. The summed E-state index contributed by atoms with van der Waals surface area (Å²) in [6, 6.07) is 22.5. The molecule has 41 heavy (non-hydrogen) atoms. The molecule has 1 saturated heterocycles. The highest BCUT2D eigenvalue weighted by molar-refractivity contribution is 7.21. The van der Waals surface area contributed by atoms with Crippen LogP contribution in [-0.4, -0.2) is 33.6 Å². The average Bonchev–Trinajstić information content (AvgIpc) is 3.52. The summed E-state index contributed by atoms with van der Waals surface area (Å²) in [5, 5.41) is 0.824. The zero-order chi connectivity index (χ0) is 28.7. The fourth-order valence-electron chi connectivity index (χ4n) is 4.91. The number of carbonyl (C=O) groups excluding carboxylic acids is 3. The second-order valence-electron chi connectivity index (χ2n) is 9.89.